The fourth-order valence-corrected chi connectivity index (χ4v) is 3.68. The number of hydrogen-bond acceptors (Lipinski definition) is 2. The molecule has 100 valence electrons. The van der Waals surface area contributed by atoms with E-state index in [2.05, 4.69) is 11.8 Å². The second-order valence-corrected chi connectivity index (χ2v) is 6.01. The predicted octanol–water partition coefficient (Wildman–Crippen LogP) is 3.46. The van der Waals surface area contributed by atoms with E-state index in [1.165, 1.54) is 57.9 Å². The summed E-state index contributed by atoms with van der Waals surface area (Å²) in [6, 6.07) is 0. The Morgan fingerprint density at radius 1 is 1.00 bits per heavy atom. The fourth-order valence-electron chi connectivity index (χ4n) is 3.68. The minimum Gasteiger partial charge on any atom is -0.379 e. The standard InChI is InChI=1S/C15H29NO/c1-2-6-15(7-4-3-5-8-15)9-10-16-11-13-17-14-12-16/h2-14H2,1H3. The van der Waals surface area contributed by atoms with Crippen LogP contribution in [0, 0.1) is 5.41 Å². The average Bonchev–Trinajstić information content (AvgIpc) is 2.39. The van der Waals surface area contributed by atoms with Gasteiger partial charge >= 0.3 is 0 Å². The quantitative estimate of drug-likeness (QED) is 0.728. The molecule has 17 heavy (non-hydrogen) atoms. The van der Waals surface area contributed by atoms with Crippen molar-refractivity contribution in [3.05, 3.63) is 0 Å². The minimum atomic E-state index is 0.700. The second-order valence-electron chi connectivity index (χ2n) is 6.01. The summed E-state index contributed by atoms with van der Waals surface area (Å²) in [7, 11) is 0. The van der Waals surface area contributed by atoms with Gasteiger partial charge in [0.05, 0.1) is 13.2 Å². The van der Waals surface area contributed by atoms with E-state index in [0.717, 1.165) is 26.3 Å². The van der Waals surface area contributed by atoms with Crippen LogP contribution < -0.4 is 0 Å². The Balaban J connectivity index is 1.79. The fraction of sp³-hybridized carbons (Fsp3) is 1.00. The SMILES string of the molecule is CCCC1(CCN2CCOCC2)CCCCC1. The lowest BCUT2D eigenvalue weighted by molar-refractivity contribution is 0.0264. The maximum Gasteiger partial charge on any atom is 0.0594 e. The zero-order valence-electron chi connectivity index (χ0n) is 11.5. The first kappa shape index (κ1) is 13.4. The van der Waals surface area contributed by atoms with E-state index in [0.29, 0.717) is 5.41 Å². The Morgan fingerprint density at radius 2 is 1.71 bits per heavy atom. The van der Waals surface area contributed by atoms with Crippen LogP contribution in [0.5, 0.6) is 0 Å². The molecule has 0 amide bonds. The summed E-state index contributed by atoms with van der Waals surface area (Å²) in [4.78, 5) is 2.61. The number of nitrogens with zero attached hydrogens (tertiary/aromatic N) is 1. The van der Waals surface area contributed by atoms with Crippen molar-refractivity contribution in [2.24, 2.45) is 5.41 Å². The molecule has 0 spiro atoms. The lowest BCUT2D eigenvalue weighted by Crippen LogP contribution is -2.39. The molecule has 2 heteroatoms. The van der Waals surface area contributed by atoms with Gasteiger partial charge in [-0.1, -0.05) is 32.6 Å². The normalized spacial score (nSPS) is 25.9. The molecule has 0 aromatic rings. The van der Waals surface area contributed by atoms with Gasteiger partial charge in [-0.3, -0.25) is 4.90 Å². The van der Waals surface area contributed by atoms with Crippen LogP contribution in [0.1, 0.15) is 58.3 Å². The number of hydrogen-bond donors (Lipinski definition) is 0. The summed E-state index contributed by atoms with van der Waals surface area (Å²) in [6.45, 7) is 7.86. The summed E-state index contributed by atoms with van der Waals surface area (Å²) in [5.41, 5.74) is 0.700. The Labute approximate surface area is 107 Å². The molecule has 2 nitrogen and oxygen atoms in total. The topological polar surface area (TPSA) is 12.5 Å². The van der Waals surface area contributed by atoms with Gasteiger partial charge in [0.15, 0.2) is 0 Å². The summed E-state index contributed by atoms with van der Waals surface area (Å²) in [5.74, 6) is 0. The molecule has 0 unspecified atom stereocenters. The third kappa shape index (κ3) is 3.96. The van der Waals surface area contributed by atoms with Gasteiger partial charge in [-0.25, -0.2) is 0 Å². The molecule has 0 radical (unpaired) electrons. The molecule has 2 rings (SSSR count). The van der Waals surface area contributed by atoms with Crippen LogP contribution in [0.2, 0.25) is 0 Å². The van der Waals surface area contributed by atoms with E-state index in [9.17, 15) is 0 Å². The lowest BCUT2D eigenvalue weighted by Gasteiger charge is -2.39. The van der Waals surface area contributed by atoms with Gasteiger partial charge in [-0.05, 0) is 37.6 Å². The van der Waals surface area contributed by atoms with Gasteiger partial charge in [0, 0.05) is 13.1 Å². The van der Waals surface area contributed by atoms with Crippen LogP contribution in [0.15, 0.2) is 0 Å². The summed E-state index contributed by atoms with van der Waals surface area (Å²) < 4.78 is 5.42. The van der Waals surface area contributed by atoms with Crippen molar-refractivity contribution in [1.29, 1.82) is 0 Å². The number of morpholine rings is 1. The van der Waals surface area contributed by atoms with Crippen LogP contribution >= 0.6 is 0 Å². The highest BCUT2D eigenvalue weighted by Gasteiger charge is 2.31. The van der Waals surface area contributed by atoms with Gasteiger partial charge in [-0.15, -0.1) is 0 Å². The molecule has 0 bridgehead atoms. The van der Waals surface area contributed by atoms with Gasteiger partial charge in [0.25, 0.3) is 0 Å². The summed E-state index contributed by atoms with van der Waals surface area (Å²) >= 11 is 0. The lowest BCUT2D eigenvalue weighted by atomic mass is 9.69. The van der Waals surface area contributed by atoms with E-state index in [1.807, 2.05) is 0 Å². The van der Waals surface area contributed by atoms with Gasteiger partial charge in [-0.2, -0.15) is 0 Å². The molecular weight excluding hydrogens is 210 g/mol. The highest BCUT2D eigenvalue weighted by Crippen LogP contribution is 2.43. The monoisotopic (exact) mass is 239 g/mol. The molecule has 0 aromatic carbocycles. The van der Waals surface area contributed by atoms with E-state index >= 15 is 0 Å². The van der Waals surface area contributed by atoms with E-state index < -0.39 is 0 Å². The van der Waals surface area contributed by atoms with Gasteiger partial charge in [0.2, 0.25) is 0 Å². The molecule has 1 saturated carbocycles. The Morgan fingerprint density at radius 3 is 2.35 bits per heavy atom. The van der Waals surface area contributed by atoms with Crippen LogP contribution in [-0.2, 0) is 4.74 Å². The Kier molecular flexibility index (Phi) is 5.30. The van der Waals surface area contributed by atoms with Gasteiger partial charge < -0.3 is 4.74 Å². The third-order valence-corrected chi connectivity index (χ3v) is 4.76. The summed E-state index contributed by atoms with van der Waals surface area (Å²) in [6.07, 6.45) is 11.7. The van der Waals surface area contributed by atoms with Crippen molar-refractivity contribution < 1.29 is 4.74 Å². The highest BCUT2D eigenvalue weighted by atomic mass is 16.5. The number of ether oxygens (including phenoxy) is 1. The molecule has 0 aromatic heterocycles. The maximum absolute atomic E-state index is 5.42. The molecule has 0 N–H and O–H groups in total. The highest BCUT2D eigenvalue weighted by molar-refractivity contribution is 4.83. The number of rotatable bonds is 5. The molecule has 1 saturated heterocycles. The molecular formula is C15H29NO. The molecule has 1 heterocycles. The first-order chi connectivity index (χ1) is 8.35. The van der Waals surface area contributed by atoms with E-state index in [-0.39, 0.29) is 0 Å². The van der Waals surface area contributed by atoms with E-state index in [1.54, 1.807) is 0 Å². The van der Waals surface area contributed by atoms with Crippen LogP contribution in [0.25, 0.3) is 0 Å². The molecule has 0 atom stereocenters. The van der Waals surface area contributed by atoms with Crippen LogP contribution in [-0.4, -0.2) is 37.7 Å². The average molecular weight is 239 g/mol. The summed E-state index contributed by atoms with van der Waals surface area (Å²) in [5, 5.41) is 0. The second kappa shape index (κ2) is 6.75. The van der Waals surface area contributed by atoms with Crippen molar-refractivity contribution in [3.63, 3.8) is 0 Å². The first-order valence-corrected chi connectivity index (χ1v) is 7.65. The minimum absolute atomic E-state index is 0.700. The van der Waals surface area contributed by atoms with E-state index in [4.69, 9.17) is 4.74 Å². The molecule has 1 aliphatic heterocycles. The van der Waals surface area contributed by atoms with Crippen LogP contribution in [0.3, 0.4) is 0 Å². The Bertz CT molecular complexity index is 199. The zero-order valence-corrected chi connectivity index (χ0v) is 11.5. The third-order valence-electron chi connectivity index (χ3n) is 4.76. The molecule has 2 fully saturated rings. The van der Waals surface area contributed by atoms with Crippen molar-refractivity contribution in [1.82, 2.24) is 4.90 Å². The van der Waals surface area contributed by atoms with Crippen molar-refractivity contribution in [2.45, 2.75) is 58.3 Å². The first-order valence-electron chi connectivity index (χ1n) is 7.65. The van der Waals surface area contributed by atoms with Crippen LogP contribution in [0.4, 0.5) is 0 Å². The van der Waals surface area contributed by atoms with Crippen molar-refractivity contribution in [2.75, 3.05) is 32.8 Å². The maximum atomic E-state index is 5.42. The smallest absolute Gasteiger partial charge is 0.0594 e. The van der Waals surface area contributed by atoms with Gasteiger partial charge in [0.1, 0.15) is 0 Å². The molecule has 2 aliphatic rings. The largest absolute Gasteiger partial charge is 0.379 e. The van der Waals surface area contributed by atoms with Crippen molar-refractivity contribution >= 4 is 0 Å². The van der Waals surface area contributed by atoms with Crippen molar-refractivity contribution in [3.8, 4) is 0 Å². The zero-order chi connectivity index (χ0) is 12.0. The molecule has 1 aliphatic carbocycles. The predicted molar refractivity (Wildman–Crippen MR) is 72.3 cm³/mol. The Hall–Kier alpha value is -0.0800.